The summed E-state index contributed by atoms with van der Waals surface area (Å²) in [5.74, 6) is 1.88. The van der Waals surface area contributed by atoms with Crippen molar-refractivity contribution in [3.05, 3.63) is 5.82 Å². The van der Waals surface area contributed by atoms with Gasteiger partial charge in [-0.3, -0.25) is 4.99 Å². The van der Waals surface area contributed by atoms with Crippen LogP contribution >= 0.6 is 11.5 Å². The number of hydrogen-bond donors (Lipinski definition) is 2. The van der Waals surface area contributed by atoms with E-state index < -0.39 is 0 Å². The number of anilines is 1. The van der Waals surface area contributed by atoms with E-state index in [1.54, 1.807) is 0 Å². The standard InChI is InChI=1S/C18H32N6O2S/c1-3-15-21-17(27-22-15)24-9-7-23(8-10-24)16(19-4-2)20-13-18(14-25)5-11-26-12-6-18/h25H,3-14H2,1-2H3,(H,19,20). The van der Waals surface area contributed by atoms with Gasteiger partial charge in [-0.1, -0.05) is 6.92 Å². The highest BCUT2D eigenvalue weighted by Gasteiger charge is 2.32. The van der Waals surface area contributed by atoms with E-state index in [1.807, 2.05) is 0 Å². The molecule has 1 aromatic rings. The van der Waals surface area contributed by atoms with E-state index >= 15 is 0 Å². The van der Waals surface area contributed by atoms with Crippen LogP contribution in [0.4, 0.5) is 5.13 Å². The summed E-state index contributed by atoms with van der Waals surface area (Å²) in [6, 6.07) is 0. The fourth-order valence-corrected chi connectivity index (χ4v) is 4.27. The zero-order valence-corrected chi connectivity index (χ0v) is 17.3. The highest BCUT2D eigenvalue weighted by atomic mass is 32.1. The summed E-state index contributed by atoms with van der Waals surface area (Å²) >= 11 is 1.49. The van der Waals surface area contributed by atoms with Crippen molar-refractivity contribution in [2.24, 2.45) is 10.4 Å². The molecule has 0 radical (unpaired) electrons. The van der Waals surface area contributed by atoms with Gasteiger partial charge in [0, 0.05) is 69.3 Å². The molecule has 0 saturated carbocycles. The molecule has 2 aliphatic heterocycles. The van der Waals surface area contributed by atoms with Crippen molar-refractivity contribution in [2.45, 2.75) is 33.1 Å². The first-order valence-electron chi connectivity index (χ1n) is 9.99. The van der Waals surface area contributed by atoms with E-state index in [0.717, 1.165) is 68.9 Å². The molecule has 2 saturated heterocycles. The van der Waals surface area contributed by atoms with Gasteiger partial charge in [0.05, 0.1) is 13.2 Å². The first-order valence-corrected chi connectivity index (χ1v) is 10.8. The molecular formula is C18H32N6O2S. The van der Waals surface area contributed by atoms with Crippen molar-refractivity contribution in [3.8, 4) is 0 Å². The highest BCUT2D eigenvalue weighted by Crippen LogP contribution is 2.30. The number of ether oxygens (including phenoxy) is 1. The van der Waals surface area contributed by atoms with Gasteiger partial charge in [-0.05, 0) is 19.8 Å². The van der Waals surface area contributed by atoms with Crippen molar-refractivity contribution in [2.75, 3.05) is 64.0 Å². The number of rotatable bonds is 6. The number of aliphatic imine (C=N–C) groups is 1. The number of nitrogens with one attached hydrogen (secondary N) is 1. The predicted octanol–water partition coefficient (Wildman–Crippen LogP) is 0.977. The lowest BCUT2D eigenvalue weighted by molar-refractivity contribution is -0.0107. The van der Waals surface area contributed by atoms with Gasteiger partial charge in [0.2, 0.25) is 5.13 Å². The predicted molar refractivity (Wildman–Crippen MR) is 109 cm³/mol. The van der Waals surface area contributed by atoms with Gasteiger partial charge >= 0.3 is 0 Å². The van der Waals surface area contributed by atoms with Gasteiger partial charge in [0.15, 0.2) is 5.96 Å². The molecule has 2 N–H and O–H groups in total. The lowest BCUT2D eigenvalue weighted by atomic mass is 9.81. The normalized spacial score (nSPS) is 20.8. The Labute approximate surface area is 165 Å². The summed E-state index contributed by atoms with van der Waals surface area (Å²) in [5, 5.41) is 14.3. The van der Waals surface area contributed by atoms with Crippen LogP contribution in [0.2, 0.25) is 0 Å². The number of guanidine groups is 1. The third-order valence-corrected chi connectivity index (χ3v) is 6.23. The number of aromatic nitrogens is 2. The molecule has 8 nitrogen and oxygen atoms in total. The minimum Gasteiger partial charge on any atom is -0.396 e. The second kappa shape index (κ2) is 9.66. The Kier molecular flexibility index (Phi) is 7.26. The minimum atomic E-state index is -0.135. The minimum absolute atomic E-state index is 0.135. The topological polar surface area (TPSA) is 86.1 Å². The highest BCUT2D eigenvalue weighted by molar-refractivity contribution is 7.09. The van der Waals surface area contributed by atoms with E-state index in [4.69, 9.17) is 9.73 Å². The summed E-state index contributed by atoms with van der Waals surface area (Å²) in [5.41, 5.74) is -0.135. The molecule has 0 aliphatic carbocycles. The molecule has 0 aromatic carbocycles. The molecule has 3 rings (SSSR count). The van der Waals surface area contributed by atoms with Gasteiger partial charge in [-0.15, -0.1) is 0 Å². The maximum Gasteiger partial charge on any atom is 0.205 e. The molecule has 3 heterocycles. The quantitative estimate of drug-likeness (QED) is 0.547. The van der Waals surface area contributed by atoms with Crippen molar-refractivity contribution in [3.63, 3.8) is 0 Å². The fraction of sp³-hybridized carbons (Fsp3) is 0.833. The van der Waals surface area contributed by atoms with Gasteiger partial charge < -0.3 is 25.0 Å². The number of hydrogen-bond acceptors (Lipinski definition) is 7. The molecule has 27 heavy (non-hydrogen) atoms. The fourth-order valence-electron chi connectivity index (χ4n) is 3.47. The van der Waals surface area contributed by atoms with Crippen LogP contribution in [0.5, 0.6) is 0 Å². The Morgan fingerprint density at radius 2 is 2.00 bits per heavy atom. The van der Waals surface area contributed by atoms with E-state index in [1.165, 1.54) is 11.5 Å². The average molecular weight is 397 g/mol. The molecule has 9 heteroatoms. The molecule has 0 bridgehead atoms. The van der Waals surface area contributed by atoms with E-state index in [9.17, 15) is 5.11 Å². The Hall–Kier alpha value is -1.45. The lowest BCUT2D eigenvalue weighted by Crippen LogP contribution is -2.53. The van der Waals surface area contributed by atoms with Crippen LogP contribution in [0.15, 0.2) is 4.99 Å². The Balaban J connectivity index is 1.60. The summed E-state index contributed by atoms with van der Waals surface area (Å²) in [4.78, 5) is 14.1. The van der Waals surface area contributed by atoms with Crippen LogP contribution in [0.1, 0.15) is 32.5 Å². The third kappa shape index (κ3) is 5.08. The SMILES string of the molecule is CCNC(=NCC1(CO)CCOCC1)N1CCN(c2nc(CC)ns2)CC1. The maximum absolute atomic E-state index is 9.90. The molecule has 2 fully saturated rings. The van der Waals surface area contributed by atoms with Gasteiger partial charge in [-0.25, -0.2) is 4.98 Å². The van der Waals surface area contributed by atoms with Crippen LogP contribution < -0.4 is 10.2 Å². The Morgan fingerprint density at radius 3 is 2.59 bits per heavy atom. The van der Waals surface area contributed by atoms with Crippen LogP contribution in [-0.2, 0) is 11.2 Å². The summed E-state index contributed by atoms with van der Waals surface area (Å²) in [6.07, 6.45) is 2.62. The molecule has 0 atom stereocenters. The Morgan fingerprint density at radius 1 is 1.26 bits per heavy atom. The summed E-state index contributed by atoms with van der Waals surface area (Å²) in [7, 11) is 0. The van der Waals surface area contributed by atoms with Gasteiger partial charge in [-0.2, -0.15) is 4.37 Å². The van der Waals surface area contributed by atoms with Crippen molar-refractivity contribution in [1.29, 1.82) is 0 Å². The van der Waals surface area contributed by atoms with Crippen molar-refractivity contribution in [1.82, 2.24) is 19.6 Å². The maximum atomic E-state index is 9.90. The van der Waals surface area contributed by atoms with Crippen LogP contribution in [0.3, 0.4) is 0 Å². The largest absolute Gasteiger partial charge is 0.396 e. The van der Waals surface area contributed by atoms with Crippen molar-refractivity contribution < 1.29 is 9.84 Å². The molecule has 152 valence electrons. The smallest absolute Gasteiger partial charge is 0.205 e. The number of aliphatic hydroxyl groups is 1. The average Bonchev–Trinajstić information content (AvgIpc) is 3.21. The zero-order valence-electron chi connectivity index (χ0n) is 16.5. The number of nitrogens with zero attached hydrogens (tertiary/aromatic N) is 5. The third-order valence-electron chi connectivity index (χ3n) is 5.41. The van der Waals surface area contributed by atoms with Crippen LogP contribution in [-0.4, -0.2) is 84.4 Å². The molecule has 0 unspecified atom stereocenters. The van der Waals surface area contributed by atoms with Crippen LogP contribution in [0, 0.1) is 5.41 Å². The van der Waals surface area contributed by atoms with Gasteiger partial charge in [0.25, 0.3) is 0 Å². The first-order chi connectivity index (χ1) is 13.2. The number of aliphatic hydroxyl groups excluding tert-OH is 1. The van der Waals surface area contributed by atoms with E-state index in [2.05, 4.69) is 38.3 Å². The molecule has 0 spiro atoms. The first kappa shape index (κ1) is 20.3. The van der Waals surface area contributed by atoms with E-state index in [0.29, 0.717) is 19.8 Å². The monoisotopic (exact) mass is 396 g/mol. The van der Waals surface area contributed by atoms with Gasteiger partial charge in [0.1, 0.15) is 5.82 Å². The second-order valence-corrected chi connectivity index (χ2v) is 7.99. The Bertz CT molecular complexity index is 609. The number of aryl methyl sites for hydroxylation is 1. The van der Waals surface area contributed by atoms with Crippen molar-refractivity contribution >= 4 is 22.6 Å². The summed E-state index contributed by atoms with van der Waals surface area (Å²) in [6.45, 7) is 10.9. The molecule has 0 amide bonds. The molecule has 1 aromatic heterocycles. The molecule has 2 aliphatic rings. The van der Waals surface area contributed by atoms with E-state index in [-0.39, 0.29) is 12.0 Å². The molecular weight excluding hydrogens is 364 g/mol. The second-order valence-electron chi connectivity index (χ2n) is 7.26. The summed E-state index contributed by atoms with van der Waals surface area (Å²) < 4.78 is 9.86. The van der Waals surface area contributed by atoms with Crippen LogP contribution in [0.25, 0.3) is 0 Å². The zero-order chi connectivity index (χ0) is 19.1. The lowest BCUT2D eigenvalue weighted by Gasteiger charge is -2.37. The number of piperazine rings is 1.